The first-order valence-electron chi connectivity index (χ1n) is 8.56. The SMILES string of the molecule is O=C(O)CCCNC(=O)N(Cc1cccc(C(F)(F)F)c1)Cc1ccccn1. The Kier molecular flexibility index (Phi) is 7.36. The topological polar surface area (TPSA) is 82.5 Å². The number of rotatable bonds is 8. The van der Waals surface area contributed by atoms with Gasteiger partial charge in [0.2, 0.25) is 0 Å². The predicted octanol–water partition coefficient (Wildman–Crippen LogP) is 3.68. The van der Waals surface area contributed by atoms with Crippen LogP contribution in [0.15, 0.2) is 48.7 Å². The van der Waals surface area contributed by atoms with E-state index in [9.17, 15) is 22.8 Å². The first-order chi connectivity index (χ1) is 13.3. The Labute approximate surface area is 160 Å². The van der Waals surface area contributed by atoms with Crippen molar-refractivity contribution >= 4 is 12.0 Å². The fourth-order valence-corrected chi connectivity index (χ4v) is 2.50. The molecule has 28 heavy (non-hydrogen) atoms. The van der Waals surface area contributed by atoms with Crippen molar-refractivity contribution in [2.24, 2.45) is 0 Å². The smallest absolute Gasteiger partial charge is 0.416 e. The Bertz CT molecular complexity index is 798. The van der Waals surface area contributed by atoms with E-state index in [0.29, 0.717) is 11.3 Å². The van der Waals surface area contributed by atoms with E-state index < -0.39 is 23.7 Å². The maximum Gasteiger partial charge on any atom is 0.416 e. The van der Waals surface area contributed by atoms with Gasteiger partial charge in [0, 0.05) is 25.7 Å². The molecule has 2 aromatic rings. The maximum absolute atomic E-state index is 12.9. The molecule has 1 aromatic carbocycles. The average Bonchev–Trinajstić information content (AvgIpc) is 2.65. The number of nitrogens with zero attached hydrogens (tertiary/aromatic N) is 2. The zero-order chi connectivity index (χ0) is 20.6. The zero-order valence-corrected chi connectivity index (χ0v) is 14.9. The van der Waals surface area contributed by atoms with E-state index in [1.807, 2.05) is 0 Å². The number of carbonyl (C=O) groups excluding carboxylic acids is 1. The van der Waals surface area contributed by atoms with Crippen LogP contribution in [0.3, 0.4) is 0 Å². The van der Waals surface area contributed by atoms with Crippen LogP contribution in [0.4, 0.5) is 18.0 Å². The summed E-state index contributed by atoms with van der Waals surface area (Å²) in [6.07, 6.45) is -2.75. The van der Waals surface area contributed by atoms with Crippen molar-refractivity contribution in [2.45, 2.75) is 32.1 Å². The van der Waals surface area contributed by atoms with Crippen LogP contribution in [0.5, 0.6) is 0 Å². The second-order valence-corrected chi connectivity index (χ2v) is 6.10. The van der Waals surface area contributed by atoms with E-state index in [1.54, 1.807) is 24.4 Å². The summed E-state index contributed by atoms with van der Waals surface area (Å²) in [4.78, 5) is 28.5. The Morgan fingerprint density at radius 1 is 1.11 bits per heavy atom. The molecule has 0 unspecified atom stereocenters. The van der Waals surface area contributed by atoms with Crippen molar-refractivity contribution < 1.29 is 27.9 Å². The molecule has 0 bridgehead atoms. The lowest BCUT2D eigenvalue weighted by Gasteiger charge is -2.23. The van der Waals surface area contributed by atoms with Crippen LogP contribution in [0, 0.1) is 0 Å². The van der Waals surface area contributed by atoms with Crippen LogP contribution in [0.25, 0.3) is 0 Å². The number of benzene rings is 1. The van der Waals surface area contributed by atoms with Gasteiger partial charge in [0.25, 0.3) is 0 Å². The molecule has 0 aliphatic rings. The van der Waals surface area contributed by atoms with Gasteiger partial charge in [-0.15, -0.1) is 0 Å². The molecule has 0 aliphatic carbocycles. The molecule has 0 saturated heterocycles. The summed E-state index contributed by atoms with van der Waals surface area (Å²) in [6, 6.07) is 9.44. The van der Waals surface area contributed by atoms with Crippen LogP contribution < -0.4 is 5.32 Å². The number of carboxylic acid groups (broad SMARTS) is 1. The third-order valence-corrected chi connectivity index (χ3v) is 3.84. The minimum atomic E-state index is -4.47. The molecule has 1 heterocycles. The second-order valence-electron chi connectivity index (χ2n) is 6.10. The number of halogens is 3. The van der Waals surface area contributed by atoms with E-state index >= 15 is 0 Å². The molecule has 2 rings (SSSR count). The highest BCUT2D eigenvalue weighted by Crippen LogP contribution is 2.29. The number of aliphatic carboxylic acids is 1. The molecule has 0 aliphatic heterocycles. The van der Waals surface area contributed by atoms with Gasteiger partial charge < -0.3 is 15.3 Å². The summed E-state index contributed by atoms with van der Waals surface area (Å²) in [5, 5.41) is 11.2. The summed E-state index contributed by atoms with van der Waals surface area (Å²) in [5.74, 6) is -0.969. The van der Waals surface area contributed by atoms with E-state index in [1.165, 1.54) is 17.0 Å². The Balaban J connectivity index is 2.11. The van der Waals surface area contributed by atoms with Crippen LogP contribution in [-0.4, -0.2) is 33.5 Å². The number of urea groups is 1. The highest BCUT2D eigenvalue weighted by molar-refractivity contribution is 5.74. The highest BCUT2D eigenvalue weighted by Gasteiger charge is 2.30. The van der Waals surface area contributed by atoms with Gasteiger partial charge >= 0.3 is 18.2 Å². The number of aromatic nitrogens is 1. The molecular weight excluding hydrogens is 375 g/mol. The van der Waals surface area contributed by atoms with E-state index in [-0.39, 0.29) is 32.5 Å². The molecule has 0 saturated carbocycles. The molecule has 9 heteroatoms. The van der Waals surface area contributed by atoms with Crippen LogP contribution in [-0.2, 0) is 24.1 Å². The fourth-order valence-electron chi connectivity index (χ4n) is 2.50. The van der Waals surface area contributed by atoms with Gasteiger partial charge in [0.05, 0.1) is 17.8 Å². The summed E-state index contributed by atoms with van der Waals surface area (Å²) in [6.45, 7) is 0.194. The molecule has 0 radical (unpaired) electrons. The van der Waals surface area contributed by atoms with E-state index in [4.69, 9.17) is 5.11 Å². The molecule has 0 atom stereocenters. The first kappa shape index (κ1) is 21.2. The summed E-state index contributed by atoms with van der Waals surface area (Å²) in [7, 11) is 0. The third kappa shape index (κ3) is 6.90. The number of amides is 2. The van der Waals surface area contributed by atoms with Gasteiger partial charge in [-0.2, -0.15) is 13.2 Å². The number of alkyl halides is 3. The quantitative estimate of drug-likeness (QED) is 0.668. The maximum atomic E-state index is 12.9. The normalized spacial score (nSPS) is 11.1. The largest absolute Gasteiger partial charge is 0.481 e. The number of hydrogen-bond acceptors (Lipinski definition) is 3. The second kappa shape index (κ2) is 9.72. The molecule has 6 nitrogen and oxygen atoms in total. The highest BCUT2D eigenvalue weighted by atomic mass is 19.4. The molecular formula is C19H20F3N3O3. The molecule has 150 valence electrons. The van der Waals surface area contributed by atoms with Gasteiger partial charge in [-0.05, 0) is 36.2 Å². The van der Waals surface area contributed by atoms with Gasteiger partial charge in [-0.3, -0.25) is 9.78 Å². The Hall–Kier alpha value is -3.10. The monoisotopic (exact) mass is 395 g/mol. The van der Waals surface area contributed by atoms with Gasteiger partial charge in [0.15, 0.2) is 0 Å². The van der Waals surface area contributed by atoms with Crippen molar-refractivity contribution in [2.75, 3.05) is 6.54 Å². The average molecular weight is 395 g/mol. The Morgan fingerprint density at radius 2 is 1.89 bits per heavy atom. The lowest BCUT2D eigenvalue weighted by atomic mass is 10.1. The zero-order valence-electron chi connectivity index (χ0n) is 14.9. The lowest BCUT2D eigenvalue weighted by Crippen LogP contribution is -2.39. The van der Waals surface area contributed by atoms with Crippen LogP contribution in [0.1, 0.15) is 29.7 Å². The number of carboxylic acids is 1. The first-order valence-corrected chi connectivity index (χ1v) is 8.56. The summed E-state index contributed by atoms with van der Waals surface area (Å²) in [5.41, 5.74) is 0.117. The molecule has 1 aromatic heterocycles. The minimum absolute atomic E-state index is 0.0503. The number of hydrogen-bond donors (Lipinski definition) is 2. The lowest BCUT2D eigenvalue weighted by molar-refractivity contribution is -0.138. The fraction of sp³-hybridized carbons (Fsp3) is 0.316. The molecule has 0 spiro atoms. The van der Waals surface area contributed by atoms with E-state index in [2.05, 4.69) is 10.3 Å². The van der Waals surface area contributed by atoms with Crippen molar-refractivity contribution in [3.8, 4) is 0 Å². The van der Waals surface area contributed by atoms with Crippen LogP contribution in [0.2, 0.25) is 0 Å². The summed E-state index contributed by atoms with van der Waals surface area (Å²) < 4.78 is 38.8. The molecule has 2 N–H and O–H groups in total. The standard InChI is InChI=1S/C19H20F3N3O3/c20-19(21,22)15-6-3-5-14(11-15)12-25(13-16-7-1-2-9-23-16)18(28)24-10-4-8-17(26)27/h1-3,5-7,9,11H,4,8,10,12-13H2,(H,24,28)(H,26,27). The minimum Gasteiger partial charge on any atom is -0.481 e. The van der Waals surface area contributed by atoms with Crippen molar-refractivity contribution in [1.29, 1.82) is 0 Å². The van der Waals surface area contributed by atoms with Gasteiger partial charge in [-0.1, -0.05) is 18.2 Å². The molecule has 0 fully saturated rings. The van der Waals surface area contributed by atoms with Crippen LogP contribution >= 0.6 is 0 Å². The van der Waals surface area contributed by atoms with Crippen molar-refractivity contribution in [3.05, 3.63) is 65.5 Å². The number of pyridine rings is 1. The van der Waals surface area contributed by atoms with Crippen molar-refractivity contribution in [1.82, 2.24) is 15.2 Å². The van der Waals surface area contributed by atoms with E-state index in [0.717, 1.165) is 12.1 Å². The number of carbonyl (C=O) groups is 2. The van der Waals surface area contributed by atoms with Gasteiger partial charge in [-0.25, -0.2) is 4.79 Å². The summed E-state index contributed by atoms with van der Waals surface area (Å²) >= 11 is 0. The van der Waals surface area contributed by atoms with Crippen molar-refractivity contribution in [3.63, 3.8) is 0 Å². The molecule has 2 amide bonds. The van der Waals surface area contributed by atoms with Gasteiger partial charge in [0.1, 0.15) is 0 Å². The number of nitrogens with one attached hydrogen (secondary N) is 1. The predicted molar refractivity (Wildman–Crippen MR) is 95.2 cm³/mol. The Morgan fingerprint density at radius 3 is 2.54 bits per heavy atom. The third-order valence-electron chi connectivity index (χ3n) is 3.84.